The van der Waals surface area contributed by atoms with Crippen LogP contribution < -0.4 is 5.69 Å². The van der Waals surface area contributed by atoms with Crippen LogP contribution in [0.1, 0.15) is 25.5 Å². The summed E-state index contributed by atoms with van der Waals surface area (Å²) in [4.78, 5) is 20.2. The van der Waals surface area contributed by atoms with E-state index in [0.717, 1.165) is 10.3 Å². The number of halogens is 2. The Labute approximate surface area is 102 Å². The Kier molecular flexibility index (Phi) is 3.14. The van der Waals surface area contributed by atoms with Crippen LogP contribution in [0.2, 0.25) is 0 Å². The number of aromatic nitrogens is 4. The molecule has 2 heterocycles. The molecule has 0 fully saturated rings. The van der Waals surface area contributed by atoms with Crippen LogP contribution >= 0.6 is 0 Å². The first kappa shape index (κ1) is 12.7. The topological polar surface area (TPSA) is 52.7 Å². The summed E-state index contributed by atoms with van der Waals surface area (Å²) in [6.07, 6.45) is -1.08. The largest absolute Gasteiger partial charge is 0.331 e. The molecule has 0 aliphatic carbocycles. The van der Waals surface area contributed by atoms with Gasteiger partial charge in [0.05, 0.1) is 18.4 Å². The lowest BCUT2D eigenvalue weighted by Gasteiger charge is -2.04. The highest BCUT2D eigenvalue weighted by molar-refractivity contribution is 5.66. The Bertz CT molecular complexity index is 630. The fourth-order valence-electron chi connectivity index (χ4n) is 1.74. The molecule has 0 saturated carbocycles. The first-order valence-electron chi connectivity index (χ1n) is 5.62. The Morgan fingerprint density at radius 3 is 2.56 bits per heavy atom. The molecule has 0 amide bonds. The summed E-state index contributed by atoms with van der Waals surface area (Å²) in [6, 6.07) is 0. The van der Waals surface area contributed by atoms with Gasteiger partial charge < -0.3 is 0 Å². The number of alkyl halides is 2. The van der Waals surface area contributed by atoms with E-state index in [9.17, 15) is 13.6 Å². The van der Waals surface area contributed by atoms with Crippen molar-refractivity contribution in [3.8, 4) is 0 Å². The maximum absolute atomic E-state index is 12.4. The highest BCUT2D eigenvalue weighted by Gasteiger charge is 2.17. The van der Waals surface area contributed by atoms with Crippen molar-refractivity contribution in [3.63, 3.8) is 0 Å². The van der Waals surface area contributed by atoms with Crippen molar-refractivity contribution in [1.29, 1.82) is 0 Å². The highest BCUT2D eigenvalue weighted by Crippen LogP contribution is 2.14. The van der Waals surface area contributed by atoms with E-state index < -0.39 is 18.7 Å². The number of hydrogen-bond donors (Lipinski definition) is 0. The molecule has 18 heavy (non-hydrogen) atoms. The number of rotatable bonds is 3. The van der Waals surface area contributed by atoms with Gasteiger partial charge in [-0.05, 0) is 5.92 Å². The Hall–Kier alpha value is -1.79. The summed E-state index contributed by atoms with van der Waals surface area (Å²) in [7, 11) is 1.51. The van der Waals surface area contributed by atoms with Crippen molar-refractivity contribution >= 4 is 11.3 Å². The lowest BCUT2D eigenvalue weighted by Crippen LogP contribution is -2.25. The normalized spacial score (nSPS) is 11.9. The van der Waals surface area contributed by atoms with E-state index in [-0.39, 0.29) is 11.6 Å². The minimum atomic E-state index is -2.60. The van der Waals surface area contributed by atoms with Gasteiger partial charge in [0.15, 0.2) is 11.3 Å². The van der Waals surface area contributed by atoms with Gasteiger partial charge in [0.25, 0.3) is 6.43 Å². The predicted octanol–water partition coefficient (Wildman–Crippen LogP) is 1.52. The second-order valence-corrected chi connectivity index (χ2v) is 4.44. The zero-order chi connectivity index (χ0) is 13.4. The molecule has 2 aromatic heterocycles. The molecule has 0 radical (unpaired) electrons. The predicted molar refractivity (Wildman–Crippen MR) is 62.9 cm³/mol. The van der Waals surface area contributed by atoms with Crippen LogP contribution in [0.25, 0.3) is 11.3 Å². The van der Waals surface area contributed by atoms with Gasteiger partial charge in [0.2, 0.25) is 0 Å². The molecule has 0 atom stereocenters. The van der Waals surface area contributed by atoms with Crippen molar-refractivity contribution in [2.24, 2.45) is 7.05 Å². The quantitative estimate of drug-likeness (QED) is 0.836. The van der Waals surface area contributed by atoms with E-state index in [2.05, 4.69) is 9.97 Å². The Balaban J connectivity index is 2.68. The van der Waals surface area contributed by atoms with E-state index in [1.165, 1.54) is 17.8 Å². The van der Waals surface area contributed by atoms with E-state index in [4.69, 9.17) is 0 Å². The molecule has 0 unspecified atom stereocenters. The number of imidazole rings is 1. The van der Waals surface area contributed by atoms with Gasteiger partial charge >= 0.3 is 5.69 Å². The zero-order valence-corrected chi connectivity index (χ0v) is 10.4. The van der Waals surface area contributed by atoms with Gasteiger partial charge in [-0.2, -0.15) is 0 Å². The number of fused-ring (bicyclic) bond motifs is 1. The average Bonchev–Trinajstić information content (AvgIpc) is 2.54. The molecule has 0 N–H and O–H groups in total. The fraction of sp³-hybridized carbons (Fsp3) is 0.545. The van der Waals surface area contributed by atoms with Crippen molar-refractivity contribution < 1.29 is 8.78 Å². The second-order valence-electron chi connectivity index (χ2n) is 4.44. The van der Waals surface area contributed by atoms with E-state index >= 15 is 0 Å². The molecule has 0 saturated heterocycles. The lowest BCUT2D eigenvalue weighted by molar-refractivity contribution is 0.126. The lowest BCUT2D eigenvalue weighted by atomic mass is 10.1. The van der Waals surface area contributed by atoms with Crippen molar-refractivity contribution in [2.45, 2.75) is 32.7 Å². The minimum Gasteiger partial charge on any atom is -0.278 e. The SMILES string of the molecule is CC(C)c1cnc2c(n1)n(C)c(=O)n2CC(F)F. The molecular formula is C11H14F2N4O. The average molecular weight is 256 g/mol. The maximum Gasteiger partial charge on any atom is 0.331 e. The third-order valence-corrected chi connectivity index (χ3v) is 2.76. The molecule has 5 nitrogen and oxygen atoms in total. The van der Waals surface area contributed by atoms with Gasteiger partial charge in [0.1, 0.15) is 0 Å². The fourth-order valence-corrected chi connectivity index (χ4v) is 1.74. The molecule has 2 aromatic rings. The maximum atomic E-state index is 12.4. The van der Waals surface area contributed by atoms with Gasteiger partial charge in [-0.15, -0.1) is 0 Å². The monoisotopic (exact) mass is 256 g/mol. The first-order chi connectivity index (χ1) is 8.41. The number of hydrogen-bond acceptors (Lipinski definition) is 3. The van der Waals surface area contributed by atoms with E-state index in [1.807, 2.05) is 13.8 Å². The van der Waals surface area contributed by atoms with Crippen LogP contribution in [-0.2, 0) is 13.6 Å². The summed E-state index contributed by atoms with van der Waals surface area (Å²) in [6.45, 7) is 3.24. The first-order valence-corrected chi connectivity index (χ1v) is 5.62. The van der Waals surface area contributed by atoms with Crippen LogP contribution in [0, 0.1) is 0 Å². The molecule has 0 aromatic carbocycles. The molecule has 0 spiro atoms. The summed E-state index contributed by atoms with van der Waals surface area (Å²) in [5.74, 6) is 0.162. The third-order valence-electron chi connectivity index (χ3n) is 2.76. The Morgan fingerprint density at radius 2 is 2.00 bits per heavy atom. The summed E-state index contributed by atoms with van der Waals surface area (Å²) >= 11 is 0. The van der Waals surface area contributed by atoms with Crippen molar-refractivity contribution in [3.05, 3.63) is 22.4 Å². The van der Waals surface area contributed by atoms with Gasteiger partial charge in [-0.3, -0.25) is 9.13 Å². The van der Waals surface area contributed by atoms with Crippen molar-refractivity contribution in [2.75, 3.05) is 0 Å². The molecule has 2 rings (SSSR count). The van der Waals surface area contributed by atoms with Gasteiger partial charge in [-0.25, -0.2) is 23.5 Å². The molecular weight excluding hydrogens is 242 g/mol. The zero-order valence-electron chi connectivity index (χ0n) is 10.4. The van der Waals surface area contributed by atoms with Crippen molar-refractivity contribution in [1.82, 2.24) is 19.1 Å². The third kappa shape index (κ3) is 2.00. The summed E-state index contributed by atoms with van der Waals surface area (Å²) in [5, 5.41) is 0. The number of aryl methyl sites for hydroxylation is 1. The van der Waals surface area contributed by atoms with E-state index in [1.54, 1.807) is 0 Å². The summed E-state index contributed by atoms with van der Waals surface area (Å²) < 4.78 is 27.1. The molecule has 0 aliphatic rings. The van der Waals surface area contributed by atoms with Crippen LogP contribution in [0.5, 0.6) is 0 Å². The van der Waals surface area contributed by atoms with Crippen LogP contribution in [0.4, 0.5) is 8.78 Å². The Morgan fingerprint density at radius 1 is 1.33 bits per heavy atom. The van der Waals surface area contributed by atoms with Crippen LogP contribution in [-0.4, -0.2) is 25.5 Å². The molecule has 0 aliphatic heterocycles. The standard InChI is InChI=1S/C11H14F2N4O/c1-6(2)7-4-14-9-10(15-7)16(3)11(18)17(9)5-8(12)13/h4,6,8H,5H2,1-3H3. The summed E-state index contributed by atoms with van der Waals surface area (Å²) in [5.41, 5.74) is 0.748. The second kappa shape index (κ2) is 4.47. The number of nitrogens with zero attached hydrogens (tertiary/aromatic N) is 4. The minimum absolute atomic E-state index is 0.162. The van der Waals surface area contributed by atoms with Gasteiger partial charge in [-0.1, -0.05) is 13.8 Å². The molecule has 98 valence electrons. The highest BCUT2D eigenvalue weighted by atomic mass is 19.3. The van der Waals surface area contributed by atoms with Crippen LogP contribution in [0.15, 0.2) is 11.0 Å². The molecule has 7 heteroatoms. The van der Waals surface area contributed by atoms with E-state index in [0.29, 0.717) is 5.65 Å². The smallest absolute Gasteiger partial charge is 0.278 e. The van der Waals surface area contributed by atoms with Crippen LogP contribution in [0.3, 0.4) is 0 Å². The molecule has 0 bridgehead atoms. The van der Waals surface area contributed by atoms with Gasteiger partial charge in [0, 0.05) is 7.05 Å².